The second-order valence-electron chi connectivity index (χ2n) is 3.50. The highest BCUT2D eigenvalue weighted by atomic mass is 35.5. The molecule has 94 valence electrons. The predicted molar refractivity (Wildman–Crippen MR) is 66.4 cm³/mol. The van der Waals surface area contributed by atoms with Crippen molar-refractivity contribution in [3.05, 3.63) is 40.2 Å². The fourth-order valence-electron chi connectivity index (χ4n) is 1.31. The van der Waals surface area contributed by atoms with Crippen molar-refractivity contribution in [1.29, 1.82) is 0 Å². The van der Waals surface area contributed by atoms with Gasteiger partial charge < -0.3 is 5.32 Å². The van der Waals surface area contributed by atoms with Gasteiger partial charge in [0.15, 0.2) is 5.82 Å². The SMILES string of the molecule is Cn1cnc(CNC(=O)c2cc(Cl)ncc2Cl)n1. The Labute approximate surface area is 113 Å². The highest BCUT2D eigenvalue weighted by Gasteiger charge is 2.12. The summed E-state index contributed by atoms with van der Waals surface area (Å²) in [5.74, 6) is 0.166. The van der Waals surface area contributed by atoms with Crippen molar-refractivity contribution in [3.63, 3.8) is 0 Å². The molecule has 0 radical (unpaired) electrons. The lowest BCUT2D eigenvalue weighted by atomic mass is 10.2. The first-order valence-electron chi connectivity index (χ1n) is 5.00. The second-order valence-corrected chi connectivity index (χ2v) is 4.30. The molecule has 1 N–H and O–H groups in total. The molecule has 0 bridgehead atoms. The van der Waals surface area contributed by atoms with Gasteiger partial charge in [-0.15, -0.1) is 0 Å². The number of nitrogens with zero attached hydrogens (tertiary/aromatic N) is 4. The van der Waals surface area contributed by atoms with Crippen molar-refractivity contribution >= 4 is 29.1 Å². The third-order valence-electron chi connectivity index (χ3n) is 2.12. The van der Waals surface area contributed by atoms with Gasteiger partial charge in [-0.2, -0.15) is 5.10 Å². The van der Waals surface area contributed by atoms with Gasteiger partial charge in [-0.25, -0.2) is 9.97 Å². The summed E-state index contributed by atoms with van der Waals surface area (Å²) >= 11 is 11.6. The Balaban J connectivity index is 2.05. The summed E-state index contributed by atoms with van der Waals surface area (Å²) in [6.45, 7) is 0.218. The Morgan fingerprint density at radius 1 is 1.44 bits per heavy atom. The quantitative estimate of drug-likeness (QED) is 0.867. The number of rotatable bonds is 3. The number of hydrogen-bond acceptors (Lipinski definition) is 4. The molecule has 18 heavy (non-hydrogen) atoms. The Morgan fingerprint density at radius 2 is 2.22 bits per heavy atom. The molecule has 6 nitrogen and oxygen atoms in total. The van der Waals surface area contributed by atoms with Gasteiger partial charge in [-0.1, -0.05) is 23.2 Å². The summed E-state index contributed by atoms with van der Waals surface area (Å²) in [5, 5.41) is 7.13. The third kappa shape index (κ3) is 2.96. The van der Waals surface area contributed by atoms with Crippen molar-refractivity contribution in [3.8, 4) is 0 Å². The van der Waals surface area contributed by atoms with Crippen LogP contribution in [0.3, 0.4) is 0 Å². The van der Waals surface area contributed by atoms with E-state index in [-0.39, 0.29) is 28.2 Å². The molecular formula is C10H9Cl2N5O. The van der Waals surface area contributed by atoms with E-state index in [1.807, 2.05) is 0 Å². The third-order valence-corrected chi connectivity index (χ3v) is 2.63. The van der Waals surface area contributed by atoms with Crippen LogP contribution in [-0.2, 0) is 13.6 Å². The van der Waals surface area contributed by atoms with Crippen molar-refractivity contribution in [1.82, 2.24) is 25.1 Å². The largest absolute Gasteiger partial charge is 0.345 e. The first kappa shape index (κ1) is 12.8. The van der Waals surface area contributed by atoms with E-state index in [1.165, 1.54) is 12.3 Å². The van der Waals surface area contributed by atoms with E-state index >= 15 is 0 Å². The predicted octanol–water partition coefficient (Wildman–Crippen LogP) is 1.45. The molecule has 0 atom stereocenters. The Morgan fingerprint density at radius 3 is 2.89 bits per heavy atom. The molecule has 1 amide bonds. The van der Waals surface area contributed by atoms with Crippen LogP contribution in [0.2, 0.25) is 10.2 Å². The van der Waals surface area contributed by atoms with Crippen molar-refractivity contribution < 1.29 is 4.79 Å². The molecule has 8 heteroatoms. The van der Waals surface area contributed by atoms with Crippen molar-refractivity contribution in [2.75, 3.05) is 0 Å². The maximum absolute atomic E-state index is 11.9. The lowest BCUT2D eigenvalue weighted by molar-refractivity contribution is 0.0950. The minimum absolute atomic E-state index is 0.209. The number of amides is 1. The van der Waals surface area contributed by atoms with E-state index in [2.05, 4.69) is 20.4 Å². The summed E-state index contributed by atoms with van der Waals surface area (Å²) in [4.78, 5) is 19.6. The van der Waals surface area contributed by atoms with Gasteiger partial charge in [0, 0.05) is 13.2 Å². The van der Waals surface area contributed by atoms with Gasteiger partial charge in [0.05, 0.1) is 17.1 Å². The van der Waals surface area contributed by atoms with Gasteiger partial charge >= 0.3 is 0 Å². The number of carbonyl (C=O) groups is 1. The maximum atomic E-state index is 11.9. The molecule has 0 saturated heterocycles. The van der Waals surface area contributed by atoms with Crippen LogP contribution in [0.15, 0.2) is 18.6 Å². The standard InChI is InChI=1S/C10H9Cl2N5O/c1-17-5-15-9(16-17)4-14-10(18)6-2-8(12)13-3-7(6)11/h2-3,5H,4H2,1H3,(H,14,18). The van der Waals surface area contributed by atoms with Crippen LogP contribution in [0.4, 0.5) is 0 Å². The van der Waals surface area contributed by atoms with E-state index < -0.39 is 0 Å². The lowest BCUT2D eigenvalue weighted by Gasteiger charge is -2.04. The second kappa shape index (κ2) is 5.32. The van der Waals surface area contributed by atoms with Crippen LogP contribution in [0.5, 0.6) is 0 Å². The van der Waals surface area contributed by atoms with Gasteiger partial charge in [-0.3, -0.25) is 9.48 Å². The van der Waals surface area contributed by atoms with E-state index in [1.54, 1.807) is 18.1 Å². The van der Waals surface area contributed by atoms with E-state index in [0.717, 1.165) is 0 Å². The molecule has 2 heterocycles. The monoisotopic (exact) mass is 285 g/mol. The lowest BCUT2D eigenvalue weighted by Crippen LogP contribution is -2.24. The van der Waals surface area contributed by atoms with E-state index in [0.29, 0.717) is 5.82 Å². The molecule has 2 aromatic rings. The van der Waals surface area contributed by atoms with Crippen LogP contribution in [-0.4, -0.2) is 25.7 Å². The molecule has 0 saturated carbocycles. The normalized spacial score (nSPS) is 10.4. The fraction of sp³-hybridized carbons (Fsp3) is 0.200. The summed E-state index contributed by atoms with van der Waals surface area (Å²) < 4.78 is 1.55. The summed E-state index contributed by atoms with van der Waals surface area (Å²) in [7, 11) is 1.75. The van der Waals surface area contributed by atoms with Crippen LogP contribution in [0, 0.1) is 0 Å². The van der Waals surface area contributed by atoms with Crippen LogP contribution < -0.4 is 5.32 Å². The number of halogens is 2. The number of aromatic nitrogens is 4. The molecule has 0 aliphatic carbocycles. The number of nitrogens with one attached hydrogen (secondary N) is 1. The average Bonchev–Trinajstić information content (AvgIpc) is 2.75. The molecule has 0 aliphatic rings. The molecule has 2 aromatic heterocycles. The van der Waals surface area contributed by atoms with Crippen LogP contribution in [0.1, 0.15) is 16.2 Å². The molecule has 0 unspecified atom stereocenters. The van der Waals surface area contributed by atoms with Crippen LogP contribution in [0.25, 0.3) is 0 Å². The molecule has 0 aliphatic heterocycles. The number of carbonyl (C=O) groups excluding carboxylic acids is 1. The van der Waals surface area contributed by atoms with Crippen molar-refractivity contribution in [2.24, 2.45) is 7.05 Å². The van der Waals surface area contributed by atoms with E-state index in [9.17, 15) is 4.79 Å². The summed E-state index contributed by atoms with van der Waals surface area (Å²) in [5.41, 5.74) is 0.271. The molecular weight excluding hydrogens is 277 g/mol. The average molecular weight is 286 g/mol. The zero-order chi connectivity index (χ0) is 13.1. The smallest absolute Gasteiger partial charge is 0.253 e. The molecule has 0 fully saturated rings. The molecule has 2 rings (SSSR count). The Kier molecular flexibility index (Phi) is 3.78. The zero-order valence-electron chi connectivity index (χ0n) is 9.39. The van der Waals surface area contributed by atoms with Gasteiger partial charge in [0.25, 0.3) is 5.91 Å². The minimum atomic E-state index is -0.350. The minimum Gasteiger partial charge on any atom is -0.345 e. The van der Waals surface area contributed by atoms with Crippen LogP contribution >= 0.6 is 23.2 Å². The van der Waals surface area contributed by atoms with Gasteiger partial charge in [0.2, 0.25) is 0 Å². The first-order valence-corrected chi connectivity index (χ1v) is 5.75. The van der Waals surface area contributed by atoms with Gasteiger partial charge in [-0.05, 0) is 6.07 Å². The maximum Gasteiger partial charge on any atom is 0.253 e. The zero-order valence-corrected chi connectivity index (χ0v) is 10.9. The fourth-order valence-corrected chi connectivity index (χ4v) is 1.65. The number of aryl methyl sites for hydroxylation is 1. The Hall–Kier alpha value is -1.66. The van der Waals surface area contributed by atoms with E-state index in [4.69, 9.17) is 23.2 Å². The van der Waals surface area contributed by atoms with Gasteiger partial charge in [0.1, 0.15) is 11.5 Å². The highest BCUT2D eigenvalue weighted by molar-refractivity contribution is 6.35. The summed E-state index contributed by atoms with van der Waals surface area (Å²) in [6.07, 6.45) is 2.88. The molecule has 0 aromatic carbocycles. The number of hydrogen-bond donors (Lipinski definition) is 1. The highest BCUT2D eigenvalue weighted by Crippen LogP contribution is 2.17. The summed E-state index contributed by atoms with van der Waals surface area (Å²) in [6, 6.07) is 1.41. The number of pyridine rings is 1. The first-order chi connectivity index (χ1) is 8.56. The Bertz CT molecular complexity index is 583. The van der Waals surface area contributed by atoms with Crippen molar-refractivity contribution in [2.45, 2.75) is 6.54 Å². The molecule has 0 spiro atoms. The topological polar surface area (TPSA) is 72.7 Å².